The monoisotopic (exact) mass is 250 g/mol. The van der Waals surface area contributed by atoms with E-state index in [1.165, 1.54) is 0 Å². The van der Waals surface area contributed by atoms with Crippen LogP contribution in [0.25, 0.3) is 0 Å². The molecule has 3 N–H and O–H groups in total. The maximum absolute atomic E-state index is 11.4. The summed E-state index contributed by atoms with van der Waals surface area (Å²) in [4.78, 5) is 17.8. The van der Waals surface area contributed by atoms with Crippen molar-refractivity contribution in [2.45, 2.75) is 13.0 Å². The molecule has 0 saturated carbocycles. The van der Waals surface area contributed by atoms with Gasteiger partial charge in [0.05, 0.1) is 31.1 Å². The molecule has 1 unspecified atom stereocenters. The average Bonchev–Trinajstić information content (AvgIpc) is 2.40. The number of nitrogens with zero attached hydrogens (tertiary/aromatic N) is 2. The molecule has 1 fully saturated rings. The number of carbonyl (C=O) groups excluding carboxylic acids is 1. The van der Waals surface area contributed by atoms with Gasteiger partial charge in [-0.1, -0.05) is 0 Å². The van der Waals surface area contributed by atoms with Crippen molar-refractivity contribution >= 4 is 17.4 Å². The lowest BCUT2D eigenvalue weighted by atomic mass is 10.3. The van der Waals surface area contributed by atoms with Gasteiger partial charge in [-0.15, -0.1) is 0 Å². The number of pyridine rings is 1. The van der Waals surface area contributed by atoms with Gasteiger partial charge in [0, 0.05) is 13.1 Å². The Hall–Kier alpha value is -1.66. The number of aromatic nitrogens is 1. The number of nitrogens with two attached hydrogens (primary N) is 1. The van der Waals surface area contributed by atoms with Crippen molar-refractivity contribution in [2.24, 2.45) is 5.73 Å². The molecule has 1 amide bonds. The minimum atomic E-state index is -0.536. The van der Waals surface area contributed by atoms with Gasteiger partial charge in [-0.2, -0.15) is 0 Å². The van der Waals surface area contributed by atoms with Gasteiger partial charge in [0.1, 0.15) is 5.82 Å². The van der Waals surface area contributed by atoms with Crippen molar-refractivity contribution in [3.63, 3.8) is 0 Å². The van der Waals surface area contributed by atoms with Crippen LogP contribution in [-0.2, 0) is 9.53 Å². The van der Waals surface area contributed by atoms with Crippen LogP contribution in [0.15, 0.2) is 18.3 Å². The second-order valence-corrected chi connectivity index (χ2v) is 4.28. The fraction of sp³-hybridized carbons (Fsp3) is 0.500. The topological polar surface area (TPSA) is 80.5 Å². The molecule has 2 heterocycles. The van der Waals surface area contributed by atoms with Crippen LogP contribution in [0, 0.1) is 0 Å². The van der Waals surface area contributed by atoms with E-state index < -0.39 is 6.04 Å². The Morgan fingerprint density at radius 1 is 1.50 bits per heavy atom. The smallest absolute Gasteiger partial charge is 0.242 e. The van der Waals surface area contributed by atoms with E-state index in [0.717, 1.165) is 32.0 Å². The predicted octanol–water partition coefficient (Wildman–Crippen LogP) is 0.204. The number of ether oxygens (including phenoxy) is 1. The van der Waals surface area contributed by atoms with Crippen LogP contribution >= 0.6 is 0 Å². The Labute approximate surface area is 106 Å². The summed E-state index contributed by atoms with van der Waals surface area (Å²) in [7, 11) is 0. The predicted molar refractivity (Wildman–Crippen MR) is 69.5 cm³/mol. The highest BCUT2D eigenvalue weighted by Gasteiger charge is 2.12. The molecule has 0 bridgehead atoms. The summed E-state index contributed by atoms with van der Waals surface area (Å²) in [6.07, 6.45) is 1.75. The molecule has 6 heteroatoms. The standard InChI is InChI=1S/C12H18N4O2/c1-9(13)12(17)15-11-3-2-10(8-14-11)16-4-6-18-7-5-16/h2-3,8-9H,4-7,13H2,1H3,(H,14,15,17). The second-order valence-electron chi connectivity index (χ2n) is 4.28. The normalized spacial score (nSPS) is 17.3. The van der Waals surface area contributed by atoms with Crippen molar-refractivity contribution in [3.8, 4) is 0 Å². The first-order valence-electron chi connectivity index (χ1n) is 6.02. The van der Waals surface area contributed by atoms with Crippen LogP contribution in [0.3, 0.4) is 0 Å². The number of anilines is 2. The van der Waals surface area contributed by atoms with Crippen molar-refractivity contribution in [1.82, 2.24) is 4.98 Å². The summed E-state index contributed by atoms with van der Waals surface area (Å²) in [5.74, 6) is 0.288. The Balaban J connectivity index is 1.98. The number of hydrogen-bond donors (Lipinski definition) is 2. The van der Waals surface area contributed by atoms with E-state index in [1.54, 1.807) is 19.2 Å². The van der Waals surface area contributed by atoms with Gasteiger partial charge in [-0.05, 0) is 19.1 Å². The average molecular weight is 250 g/mol. The third-order valence-electron chi connectivity index (χ3n) is 2.79. The van der Waals surface area contributed by atoms with E-state index in [2.05, 4.69) is 15.2 Å². The molecule has 1 aromatic rings. The number of nitrogens with one attached hydrogen (secondary N) is 1. The minimum Gasteiger partial charge on any atom is -0.378 e. The highest BCUT2D eigenvalue weighted by molar-refractivity contribution is 5.93. The molecular weight excluding hydrogens is 232 g/mol. The molecule has 0 aliphatic carbocycles. The molecule has 98 valence electrons. The second kappa shape index (κ2) is 5.79. The maximum Gasteiger partial charge on any atom is 0.242 e. The lowest BCUT2D eigenvalue weighted by Crippen LogP contribution is -2.36. The fourth-order valence-corrected chi connectivity index (χ4v) is 1.71. The third-order valence-corrected chi connectivity index (χ3v) is 2.79. The lowest BCUT2D eigenvalue weighted by molar-refractivity contribution is -0.117. The van der Waals surface area contributed by atoms with Crippen molar-refractivity contribution in [2.75, 3.05) is 36.5 Å². The number of hydrogen-bond acceptors (Lipinski definition) is 5. The summed E-state index contributed by atoms with van der Waals surface area (Å²) in [6.45, 7) is 4.85. The van der Waals surface area contributed by atoms with Crippen molar-refractivity contribution in [1.29, 1.82) is 0 Å². The highest BCUT2D eigenvalue weighted by atomic mass is 16.5. The van der Waals surface area contributed by atoms with Crippen LogP contribution in [0.2, 0.25) is 0 Å². The van der Waals surface area contributed by atoms with Gasteiger partial charge in [0.2, 0.25) is 5.91 Å². The summed E-state index contributed by atoms with van der Waals surface area (Å²) in [5.41, 5.74) is 6.51. The van der Waals surface area contributed by atoms with Crippen LogP contribution in [0.5, 0.6) is 0 Å². The first-order valence-corrected chi connectivity index (χ1v) is 6.02. The van der Waals surface area contributed by atoms with Crippen molar-refractivity contribution < 1.29 is 9.53 Å². The van der Waals surface area contributed by atoms with Crippen LogP contribution < -0.4 is 16.0 Å². The van der Waals surface area contributed by atoms with Gasteiger partial charge in [-0.25, -0.2) is 4.98 Å². The number of carbonyl (C=O) groups is 1. The van der Waals surface area contributed by atoms with E-state index >= 15 is 0 Å². The minimum absolute atomic E-state index is 0.235. The molecule has 0 aromatic carbocycles. The number of amides is 1. The summed E-state index contributed by atoms with van der Waals surface area (Å²) in [5, 5.41) is 2.65. The molecule has 1 aliphatic heterocycles. The Morgan fingerprint density at radius 3 is 2.78 bits per heavy atom. The molecular formula is C12H18N4O2. The zero-order valence-electron chi connectivity index (χ0n) is 10.4. The largest absolute Gasteiger partial charge is 0.378 e. The maximum atomic E-state index is 11.4. The molecule has 1 aromatic heterocycles. The molecule has 0 radical (unpaired) electrons. The molecule has 1 atom stereocenters. The van der Waals surface area contributed by atoms with Gasteiger partial charge in [0.25, 0.3) is 0 Å². The van der Waals surface area contributed by atoms with Gasteiger partial charge in [-0.3, -0.25) is 4.79 Å². The lowest BCUT2D eigenvalue weighted by Gasteiger charge is -2.28. The van der Waals surface area contributed by atoms with Crippen LogP contribution in [0.4, 0.5) is 11.5 Å². The molecule has 2 rings (SSSR count). The summed E-state index contributed by atoms with van der Waals surface area (Å²) >= 11 is 0. The summed E-state index contributed by atoms with van der Waals surface area (Å²) < 4.78 is 5.29. The molecule has 6 nitrogen and oxygen atoms in total. The molecule has 1 aliphatic rings. The Bertz CT molecular complexity index is 399. The zero-order valence-corrected chi connectivity index (χ0v) is 10.4. The molecule has 0 spiro atoms. The zero-order chi connectivity index (χ0) is 13.0. The molecule has 1 saturated heterocycles. The van der Waals surface area contributed by atoms with E-state index in [-0.39, 0.29) is 5.91 Å². The first-order chi connectivity index (χ1) is 8.66. The Kier molecular flexibility index (Phi) is 4.11. The van der Waals surface area contributed by atoms with Crippen molar-refractivity contribution in [3.05, 3.63) is 18.3 Å². The summed E-state index contributed by atoms with van der Waals surface area (Å²) in [6, 6.07) is 3.19. The number of rotatable bonds is 3. The van der Waals surface area contributed by atoms with E-state index in [0.29, 0.717) is 5.82 Å². The van der Waals surface area contributed by atoms with Gasteiger partial charge < -0.3 is 20.7 Å². The first kappa shape index (κ1) is 12.8. The SMILES string of the molecule is CC(N)C(=O)Nc1ccc(N2CCOCC2)cn1. The van der Waals surface area contributed by atoms with Crippen LogP contribution in [0.1, 0.15) is 6.92 Å². The quantitative estimate of drug-likeness (QED) is 0.801. The van der Waals surface area contributed by atoms with E-state index in [1.807, 2.05) is 6.07 Å². The third kappa shape index (κ3) is 3.18. The van der Waals surface area contributed by atoms with Gasteiger partial charge >= 0.3 is 0 Å². The van der Waals surface area contributed by atoms with E-state index in [4.69, 9.17) is 10.5 Å². The van der Waals surface area contributed by atoms with Gasteiger partial charge in [0.15, 0.2) is 0 Å². The number of morpholine rings is 1. The molecule has 18 heavy (non-hydrogen) atoms. The highest BCUT2D eigenvalue weighted by Crippen LogP contribution is 2.16. The fourth-order valence-electron chi connectivity index (χ4n) is 1.71. The van der Waals surface area contributed by atoms with Crippen LogP contribution in [-0.4, -0.2) is 43.2 Å². The Morgan fingerprint density at radius 2 is 2.22 bits per heavy atom. The van der Waals surface area contributed by atoms with E-state index in [9.17, 15) is 4.79 Å².